The van der Waals surface area contributed by atoms with E-state index in [1.807, 2.05) is 0 Å². The van der Waals surface area contributed by atoms with Gasteiger partial charge < -0.3 is 0 Å². The molecule has 0 N–H and O–H groups in total. The monoisotopic (exact) mass is 228 g/mol. The van der Waals surface area contributed by atoms with Gasteiger partial charge in [0.15, 0.2) is 0 Å². The van der Waals surface area contributed by atoms with Crippen LogP contribution in [0.4, 0.5) is 0 Å². The minimum atomic E-state index is 0.271. The Kier molecular flexibility index (Phi) is 3.42. The van der Waals surface area contributed by atoms with Crippen LogP contribution in [0.5, 0.6) is 0 Å². The van der Waals surface area contributed by atoms with Crippen LogP contribution in [0.3, 0.4) is 0 Å². The summed E-state index contributed by atoms with van der Waals surface area (Å²) in [4.78, 5) is 0. The van der Waals surface area contributed by atoms with E-state index in [2.05, 4.69) is 52.0 Å². The fourth-order valence-corrected chi connectivity index (χ4v) is 2.90. The van der Waals surface area contributed by atoms with Crippen molar-refractivity contribution in [1.29, 1.82) is 0 Å². The van der Waals surface area contributed by atoms with Crippen LogP contribution in [0.15, 0.2) is 35.4 Å². The minimum Gasteiger partial charge on any atom is -0.0741 e. The Balaban J connectivity index is 2.21. The van der Waals surface area contributed by atoms with Gasteiger partial charge in [-0.3, -0.25) is 0 Å². The molecule has 17 heavy (non-hydrogen) atoms. The molecule has 0 heterocycles. The standard InChI is InChI=1S/C17H24/c1-13-7-5-10-16(11-13)17(3,4)12-15-9-6-8-14(15)2/h5,7,10-11H,6,8-9,12H2,1-4H3. The van der Waals surface area contributed by atoms with Crippen molar-refractivity contribution in [2.45, 2.75) is 58.8 Å². The van der Waals surface area contributed by atoms with Gasteiger partial charge in [-0.25, -0.2) is 0 Å². The van der Waals surface area contributed by atoms with E-state index in [-0.39, 0.29) is 5.41 Å². The van der Waals surface area contributed by atoms with Crippen LogP contribution in [-0.4, -0.2) is 0 Å². The second-order valence-corrected chi connectivity index (χ2v) is 6.17. The van der Waals surface area contributed by atoms with E-state index in [1.54, 1.807) is 11.1 Å². The summed E-state index contributed by atoms with van der Waals surface area (Å²) in [6.45, 7) is 9.25. The Bertz CT molecular complexity index is 435. The molecule has 0 aliphatic heterocycles. The molecule has 0 spiro atoms. The summed E-state index contributed by atoms with van der Waals surface area (Å²) in [5, 5.41) is 0. The van der Waals surface area contributed by atoms with Gasteiger partial charge in [-0.2, -0.15) is 0 Å². The van der Waals surface area contributed by atoms with Crippen LogP contribution in [0, 0.1) is 6.92 Å². The molecule has 0 radical (unpaired) electrons. The molecule has 0 nitrogen and oxygen atoms in total. The Labute approximate surface area is 106 Å². The predicted octanol–water partition coefficient (Wildman–Crippen LogP) is 5.16. The van der Waals surface area contributed by atoms with Crippen LogP contribution in [-0.2, 0) is 5.41 Å². The van der Waals surface area contributed by atoms with E-state index in [0.29, 0.717) is 0 Å². The van der Waals surface area contributed by atoms with Gasteiger partial charge in [0, 0.05) is 0 Å². The molecule has 0 aromatic heterocycles. The van der Waals surface area contributed by atoms with E-state index >= 15 is 0 Å². The molecule has 0 saturated heterocycles. The van der Waals surface area contributed by atoms with Crippen molar-refractivity contribution in [3.05, 3.63) is 46.5 Å². The summed E-state index contributed by atoms with van der Waals surface area (Å²) in [6.07, 6.45) is 5.23. The van der Waals surface area contributed by atoms with Gasteiger partial charge >= 0.3 is 0 Å². The highest BCUT2D eigenvalue weighted by Gasteiger charge is 2.24. The van der Waals surface area contributed by atoms with Gasteiger partial charge in [0.1, 0.15) is 0 Å². The lowest BCUT2D eigenvalue weighted by Gasteiger charge is -2.27. The Morgan fingerprint density at radius 2 is 1.88 bits per heavy atom. The molecular formula is C17H24. The van der Waals surface area contributed by atoms with E-state index in [9.17, 15) is 0 Å². The van der Waals surface area contributed by atoms with Gasteiger partial charge in [0.2, 0.25) is 0 Å². The molecular weight excluding hydrogens is 204 g/mol. The first-order valence-corrected chi connectivity index (χ1v) is 6.74. The number of rotatable bonds is 3. The molecule has 0 unspecified atom stereocenters. The minimum absolute atomic E-state index is 0.271. The molecule has 1 aliphatic rings. The lowest BCUT2D eigenvalue weighted by atomic mass is 9.78. The third kappa shape index (κ3) is 2.80. The van der Waals surface area contributed by atoms with Crippen molar-refractivity contribution < 1.29 is 0 Å². The second kappa shape index (κ2) is 4.68. The number of hydrogen-bond acceptors (Lipinski definition) is 0. The van der Waals surface area contributed by atoms with Crippen LogP contribution in [0.1, 0.15) is 57.6 Å². The van der Waals surface area contributed by atoms with Gasteiger partial charge in [-0.15, -0.1) is 0 Å². The molecule has 1 aromatic carbocycles. The van der Waals surface area contributed by atoms with Crippen LogP contribution >= 0.6 is 0 Å². The highest BCUT2D eigenvalue weighted by atomic mass is 14.3. The lowest BCUT2D eigenvalue weighted by molar-refractivity contribution is 0.512. The van der Waals surface area contributed by atoms with Crippen molar-refractivity contribution in [3.63, 3.8) is 0 Å². The molecule has 0 saturated carbocycles. The van der Waals surface area contributed by atoms with Gasteiger partial charge in [-0.1, -0.05) is 54.8 Å². The first kappa shape index (κ1) is 12.4. The maximum atomic E-state index is 2.38. The highest BCUT2D eigenvalue weighted by molar-refractivity contribution is 5.31. The fraction of sp³-hybridized carbons (Fsp3) is 0.529. The van der Waals surface area contributed by atoms with Crippen molar-refractivity contribution in [2.75, 3.05) is 0 Å². The third-order valence-electron chi connectivity index (χ3n) is 4.09. The molecule has 0 fully saturated rings. The molecule has 1 aliphatic carbocycles. The van der Waals surface area contributed by atoms with E-state index < -0.39 is 0 Å². The lowest BCUT2D eigenvalue weighted by Crippen LogP contribution is -2.18. The number of allylic oxidation sites excluding steroid dienone is 2. The number of benzene rings is 1. The molecule has 0 atom stereocenters. The predicted molar refractivity (Wildman–Crippen MR) is 75.4 cm³/mol. The SMILES string of the molecule is CC1=C(CC(C)(C)c2cccc(C)c2)CCC1. The highest BCUT2D eigenvalue weighted by Crippen LogP contribution is 2.37. The van der Waals surface area contributed by atoms with Crippen molar-refractivity contribution in [2.24, 2.45) is 0 Å². The summed E-state index contributed by atoms with van der Waals surface area (Å²) >= 11 is 0. The summed E-state index contributed by atoms with van der Waals surface area (Å²) in [6, 6.07) is 8.98. The third-order valence-corrected chi connectivity index (χ3v) is 4.09. The topological polar surface area (TPSA) is 0 Å². The van der Waals surface area contributed by atoms with E-state index in [4.69, 9.17) is 0 Å². The maximum Gasteiger partial charge on any atom is -0.00662 e. The van der Waals surface area contributed by atoms with Crippen LogP contribution in [0.2, 0.25) is 0 Å². The van der Waals surface area contributed by atoms with E-state index in [0.717, 1.165) is 0 Å². The molecule has 0 bridgehead atoms. The summed E-state index contributed by atoms with van der Waals surface area (Å²) in [5.74, 6) is 0. The molecule has 2 rings (SSSR count). The second-order valence-electron chi connectivity index (χ2n) is 6.17. The first-order chi connectivity index (χ1) is 7.99. The molecule has 1 aromatic rings. The Morgan fingerprint density at radius 1 is 1.12 bits per heavy atom. The summed E-state index contributed by atoms with van der Waals surface area (Å²) in [7, 11) is 0. The molecule has 92 valence electrons. The largest absolute Gasteiger partial charge is 0.0741 e. The quantitative estimate of drug-likeness (QED) is 0.627. The number of hydrogen-bond donors (Lipinski definition) is 0. The van der Waals surface area contributed by atoms with Crippen molar-refractivity contribution in [3.8, 4) is 0 Å². The zero-order valence-electron chi connectivity index (χ0n) is 11.6. The summed E-state index contributed by atoms with van der Waals surface area (Å²) < 4.78 is 0. The summed E-state index contributed by atoms with van der Waals surface area (Å²) in [5.41, 5.74) is 6.46. The van der Waals surface area contributed by atoms with E-state index in [1.165, 1.54) is 36.8 Å². The normalized spacial score (nSPS) is 16.7. The smallest absolute Gasteiger partial charge is 0.00662 e. The zero-order valence-corrected chi connectivity index (χ0v) is 11.6. The first-order valence-electron chi connectivity index (χ1n) is 6.74. The fourth-order valence-electron chi connectivity index (χ4n) is 2.90. The molecule has 0 heteroatoms. The van der Waals surface area contributed by atoms with Crippen molar-refractivity contribution >= 4 is 0 Å². The number of aryl methyl sites for hydroxylation is 1. The molecule has 0 amide bonds. The average molecular weight is 228 g/mol. The maximum absolute atomic E-state index is 2.38. The van der Waals surface area contributed by atoms with Gasteiger partial charge in [0.25, 0.3) is 0 Å². The van der Waals surface area contributed by atoms with Crippen LogP contribution in [0.25, 0.3) is 0 Å². The van der Waals surface area contributed by atoms with Crippen LogP contribution < -0.4 is 0 Å². The Morgan fingerprint density at radius 3 is 2.47 bits per heavy atom. The average Bonchev–Trinajstić information content (AvgIpc) is 2.64. The Hall–Kier alpha value is -1.04. The van der Waals surface area contributed by atoms with Gasteiger partial charge in [0.05, 0.1) is 0 Å². The zero-order chi connectivity index (χ0) is 12.5. The van der Waals surface area contributed by atoms with Gasteiger partial charge in [-0.05, 0) is 50.5 Å². The van der Waals surface area contributed by atoms with Crippen molar-refractivity contribution in [1.82, 2.24) is 0 Å².